The van der Waals surface area contributed by atoms with Crippen LogP contribution in [0.25, 0.3) is 43.9 Å². The average Bonchev–Trinajstić information content (AvgIpc) is 3.12. The summed E-state index contributed by atoms with van der Waals surface area (Å²) in [4.78, 5) is 0. The van der Waals surface area contributed by atoms with E-state index in [1.54, 1.807) is 0 Å². The molecule has 7 rings (SSSR count). The highest BCUT2D eigenvalue weighted by molar-refractivity contribution is 6.08. The Hall–Kier alpha value is -3.65. The number of hydrogen-bond donors (Lipinski definition) is 0. The fourth-order valence-corrected chi connectivity index (χ4v) is 7.72. The normalized spacial score (nSPS) is 15.0. The van der Waals surface area contributed by atoms with Gasteiger partial charge in [-0.3, -0.25) is 0 Å². The smallest absolute Gasteiger partial charge is 0.228 e. The van der Waals surface area contributed by atoms with Crippen LogP contribution in [0.15, 0.2) is 60.8 Å². The van der Waals surface area contributed by atoms with Gasteiger partial charge in [0.1, 0.15) is 18.5 Å². The first-order valence-electron chi connectivity index (χ1n) is 15.5. The molecule has 214 valence electrons. The first-order chi connectivity index (χ1) is 19.6. The highest BCUT2D eigenvalue weighted by atomic mass is 16.5. The number of aryl methyl sites for hydroxylation is 2. The molecule has 0 amide bonds. The molecule has 0 atom stereocenters. The topological polar surface area (TPSA) is 13.1 Å². The van der Waals surface area contributed by atoms with Crippen molar-refractivity contribution in [1.82, 2.24) is 0 Å². The van der Waals surface area contributed by atoms with Gasteiger partial charge in [-0.25, -0.2) is 4.57 Å². The third kappa shape index (κ3) is 4.02. The molecule has 2 aliphatic rings. The minimum atomic E-state index is -0.0454. The number of benzene rings is 4. The largest absolute Gasteiger partial charge is 0.455 e. The standard InChI is InChI=1S/C40H44NO/c1-23-27-19-29-26-13-11-12-14-31(26)40(8,9)32(29)20-28(27)30(22-39(5,6)7)37-34(23)36-35-25(15-16-41(36)10)17-24(18-33(35)42-37)21-38(2,3)4/h11-20H,21-22H2,1-10H3/q+1. The van der Waals surface area contributed by atoms with E-state index in [1.807, 2.05) is 0 Å². The maximum Gasteiger partial charge on any atom is 0.228 e. The lowest BCUT2D eigenvalue weighted by Gasteiger charge is -2.29. The van der Waals surface area contributed by atoms with Crippen molar-refractivity contribution in [3.05, 3.63) is 88.6 Å². The minimum Gasteiger partial charge on any atom is -0.455 e. The zero-order valence-electron chi connectivity index (χ0n) is 27.0. The molecular weight excluding hydrogens is 510 g/mol. The van der Waals surface area contributed by atoms with E-state index in [1.165, 1.54) is 71.7 Å². The molecule has 2 nitrogen and oxygen atoms in total. The molecule has 0 spiro atoms. The Balaban J connectivity index is 1.59. The fourth-order valence-electron chi connectivity index (χ4n) is 7.72. The van der Waals surface area contributed by atoms with Gasteiger partial charge in [0.05, 0.1) is 10.9 Å². The highest BCUT2D eigenvalue weighted by Gasteiger charge is 2.38. The summed E-state index contributed by atoms with van der Waals surface area (Å²) in [5.74, 6) is 2.04. The molecule has 0 saturated heterocycles. The summed E-state index contributed by atoms with van der Waals surface area (Å²) in [7, 11) is 2.19. The Labute approximate surface area is 251 Å². The molecule has 0 unspecified atom stereocenters. The first kappa shape index (κ1) is 27.2. The van der Waals surface area contributed by atoms with Crippen LogP contribution in [0.1, 0.15) is 83.2 Å². The second-order valence-electron chi connectivity index (χ2n) is 15.8. The number of hydrogen-bond acceptors (Lipinski definition) is 1. The van der Waals surface area contributed by atoms with Gasteiger partial charge >= 0.3 is 0 Å². The molecule has 0 N–H and O–H groups in total. The highest BCUT2D eigenvalue weighted by Crippen LogP contribution is 2.55. The van der Waals surface area contributed by atoms with E-state index >= 15 is 0 Å². The number of fused-ring (bicyclic) bond motifs is 6. The van der Waals surface area contributed by atoms with E-state index in [2.05, 4.69) is 135 Å². The molecule has 42 heavy (non-hydrogen) atoms. The van der Waals surface area contributed by atoms with E-state index in [9.17, 15) is 0 Å². The monoisotopic (exact) mass is 554 g/mol. The van der Waals surface area contributed by atoms with Gasteiger partial charge in [0.25, 0.3) is 0 Å². The Morgan fingerprint density at radius 1 is 0.786 bits per heavy atom. The molecule has 2 heterocycles. The van der Waals surface area contributed by atoms with Gasteiger partial charge in [0.15, 0.2) is 6.20 Å². The maximum absolute atomic E-state index is 7.15. The predicted octanol–water partition coefficient (Wildman–Crippen LogP) is 10.4. The average molecular weight is 555 g/mol. The van der Waals surface area contributed by atoms with Crippen molar-refractivity contribution in [3.8, 4) is 33.9 Å². The van der Waals surface area contributed by atoms with E-state index < -0.39 is 0 Å². The summed E-state index contributed by atoms with van der Waals surface area (Å²) in [5.41, 5.74) is 12.3. The second kappa shape index (κ2) is 8.69. The SMILES string of the molecule is Cc1c2c(c(CC(C)(C)C)c3cc4c(cc13)-c1ccccc1C4(C)C)Oc1cc(CC(C)(C)C)cc3cc[n+](C)c-2c13. The number of pyridine rings is 1. The van der Waals surface area contributed by atoms with Crippen LogP contribution in [0.3, 0.4) is 0 Å². The molecule has 0 bridgehead atoms. The molecule has 1 aliphatic heterocycles. The van der Waals surface area contributed by atoms with Crippen molar-refractivity contribution in [2.75, 3.05) is 0 Å². The molecule has 4 aromatic carbocycles. The van der Waals surface area contributed by atoms with Gasteiger partial charge in [0, 0.05) is 17.0 Å². The molecule has 2 heteroatoms. The van der Waals surface area contributed by atoms with Crippen LogP contribution < -0.4 is 9.30 Å². The van der Waals surface area contributed by atoms with Gasteiger partial charge in [-0.05, 0) is 98.3 Å². The summed E-state index contributed by atoms with van der Waals surface area (Å²) in [5, 5.41) is 5.16. The minimum absolute atomic E-state index is 0.0454. The molecule has 5 aromatic rings. The Morgan fingerprint density at radius 2 is 1.50 bits per heavy atom. The third-order valence-electron chi connectivity index (χ3n) is 9.48. The Kier molecular flexibility index (Phi) is 5.63. The number of nitrogens with zero attached hydrogens (tertiary/aromatic N) is 1. The van der Waals surface area contributed by atoms with Crippen LogP contribution in [0.2, 0.25) is 0 Å². The van der Waals surface area contributed by atoms with E-state index in [0.29, 0.717) is 0 Å². The molecule has 1 aliphatic carbocycles. The number of rotatable bonds is 2. The molecular formula is C40H44NO+. The van der Waals surface area contributed by atoms with Crippen molar-refractivity contribution in [2.45, 2.75) is 80.6 Å². The zero-order chi connectivity index (χ0) is 29.9. The van der Waals surface area contributed by atoms with Crippen molar-refractivity contribution in [1.29, 1.82) is 0 Å². The van der Waals surface area contributed by atoms with Gasteiger partial charge in [-0.1, -0.05) is 85.7 Å². The molecule has 1 aromatic heterocycles. The van der Waals surface area contributed by atoms with Crippen molar-refractivity contribution in [3.63, 3.8) is 0 Å². The lowest BCUT2D eigenvalue weighted by atomic mass is 9.78. The maximum atomic E-state index is 7.15. The quantitative estimate of drug-likeness (QED) is 0.194. The summed E-state index contributed by atoms with van der Waals surface area (Å²) in [6, 6.07) is 20.9. The predicted molar refractivity (Wildman–Crippen MR) is 177 cm³/mol. The van der Waals surface area contributed by atoms with E-state index in [-0.39, 0.29) is 16.2 Å². The van der Waals surface area contributed by atoms with Crippen LogP contribution in [0.4, 0.5) is 0 Å². The van der Waals surface area contributed by atoms with Crippen LogP contribution >= 0.6 is 0 Å². The number of aromatic nitrogens is 1. The van der Waals surface area contributed by atoms with Crippen LogP contribution in [0, 0.1) is 17.8 Å². The van der Waals surface area contributed by atoms with Crippen molar-refractivity contribution < 1.29 is 9.30 Å². The van der Waals surface area contributed by atoms with Crippen LogP contribution in [-0.4, -0.2) is 0 Å². The van der Waals surface area contributed by atoms with Crippen LogP contribution in [0.5, 0.6) is 11.5 Å². The Morgan fingerprint density at radius 3 is 2.21 bits per heavy atom. The van der Waals surface area contributed by atoms with Gasteiger partial charge in [0.2, 0.25) is 5.69 Å². The fraction of sp³-hybridized carbons (Fsp3) is 0.375. The molecule has 0 radical (unpaired) electrons. The van der Waals surface area contributed by atoms with Gasteiger partial charge < -0.3 is 4.74 Å². The summed E-state index contributed by atoms with van der Waals surface area (Å²) in [6.07, 6.45) is 4.18. The Bertz CT molecular complexity index is 1960. The van der Waals surface area contributed by atoms with E-state index in [4.69, 9.17) is 4.74 Å². The molecule has 0 saturated carbocycles. The van der Waals surface area contributed by atoms with Gasteiger partial charge in [-0.2, -0.15) is 0 Å². The second-order valence-corrected chi connectivity index (χ2v) is 15.8. The lowest BCUT2D eigenvalue weighted by molar-refractivity contribution is -0.659. The third-order valence-corrected chi connectivity index (χ3v) is 9.48. The summed E-state index contributed by atoms with van der Waals surface area (Å²) in [6.45, 7) is 21.0. The lowest BCUT2D eigenvalue weighted by Crippen LogP contribution is -2.32. The van der Waals surface area contributed by atoms with Crippen molar-refractivity contribution in [2.24, 2.45) is 17.9 Å². The summed E-state index contributed by atoms with van der Waals surface area (Å²) >= 11 is 0. The zero-order valence-corrected chi connectivity index (χ0v) is 27.0. The van der Waals surface area contributed by atoms with Crippen LogP contribution in [-0.2, 0) is 25.3 Å². The van der Waals surface area contributed by atoms with Gasteiger partial charge in [-0.15, -0.1) is 0 Å². The summed E-state index contributed by atoms with van der Waals surface area (Å²) < 4.78 is 9.45. The molecule has 0 fully saturated rings. The number of ether oxygens (including phenoxy) is 1. The first-order valence-corrected chi connectivity index (χ1v) is 15.5. The van der Waals surface area contributed by atoms with Crippen molar-refractivity contribution >= 4 is 21.5 Å². The van der Waals surface area contributed by atoms with E-state index in [0.717, 1.165) is 24.3 Å².